The van der Waals surface area contributed by atoms with Gasteiger partial charge in [0.25, 0.3) is 0 Å². The Hall–Kier alpha value is -3.05. The van der Waals surface area contributed by atoms with Crippen LogP contribution in [0.5, 0.6) is 0 Å². The van der Waals surface area contributed by atoms with E-state index in [4.69, 9.17) is 11.7 Å². The first-order valence-corrected chi connectivity index (χ1v) is 6.66. The zero-order chi connectivity index (χ0) is 14.7. The first-order valence-electron chi connectivity index (χ1n) is 6.66. The summed E-state index contributed by atoms with van der Waals surface area (Å²) in [5.41, 5.74) is 2.00. The van der Waals surface area contributed by atoms with E-state index in [-0.39, 0.29) is 0 Å². The summed E-state index contributed by atoms with van der Waals surface area (Å²) in [6.07, 6.45) is 9.36. The summed E-state index contributed by atoms with van der Waals surface area (Å²) in [4.78, 5) is 8.62. The summed E-state index contributed by atoms with van der Waals surface area (Å²) in [5.74, 6) is 3.71. The van der Waals surface area contributed by atoms with Crippen molar-refractivity contribution >= 4 is 17.5 Å². The third-order valence-electron chi connectivity index (χ3n) is 3.11. The molecule has 0 atom stereocenters. The summed E-state index contributed by atoms with van der Waals surface area (Å²) in [7, 11) is 0. The van der Waals surface area contributed by atoms with E-state index in [9.17, 15) is 0 Å². The number of benzene rings is 1. The van der Waals surface area contributed by atoms with Crippen LogP contribution in [0.1, 0.15) is 24.0 Å². The molecule has 3 rings (SSSR count). The van der Waals surface area contributed by atoms with Gasteiger partial charge in [0.15, 0.2) is 0 Å². The standard InChI is InChI=1S/C16H13N5/c1-2-12-10-18-16(21-15(12)19-13-6-7-13)20-14-5-3-4-11(8-14)9-17/h1,3-5,8,10,13H,6-7H2,(H2,18,19,20,21). The normalized spacial score (nSPS) is 13.0. The fraction of sp³-hybridized carbons (Fsp3) is 0.188. The molecule has 21 heavy (non-hydrogen) atoms. The largest absolute Gasteiger partial charge is 0.366 e. The van der Waals surface area contributed by atoms with Gasteiger partial charge in [-0.2, -0.15) is 10.2 Å². The average molecular weight is 275 g/mol. The molecule has 0 aliphatic heterocycles. The van der Waals surface area contributed by atoms with Crippen LogP contribution in [0.2, 0.25) is 0 Å². The maximum Gasteiger partial charge on any atom is 0.229 e. The van der Waals surface area contributed by atoms with Crippen molar-refractivity contribution < 1.29 is 0 Å². The van der Waals surface area contributed by atoms with E-state index in [2.05, 4.69) is 32.6 Å². The van der Waals surface area contributed by atoms with Crippen LogP contribution >= 0.6 is 0 Å². The zero-order valence-electron chi connectivity index (χ0n) is 11.3. The molecule has 0 unspecified atom stereocenters. The Kier molecular flexibility index (Phi) is 3.41. The van der Waals surface area contributed by atoms with Gasteiger partial charge in [-0.05, 0) is 31.0 Å². The van der Waals surface area contributed by atoms with Gasteiger partial charge in [0.2, 0.25) is 5.95 Å². The molecule has 1 aromatic carbocycles. The van der Waals surface area contributed by atoms with Gasteiger partial charge in [-0.3, -0.25) is 0 Å². The number of terminal acetylenes is 1. The number of rotatable bonds is 4. The van der Waals surface area contributed by atoms with Gasteiger partial charge in [-0.1, -0.05) is 12.0 Å². The van der Waals surface area contributed by atoms with E-state index >= 15 is 0 Å². The summed E-state index contributed by atoms with van der Waals surface area (Å²) in [5, 5.41) is 15.3. The SMILES string of the molecule is C#Cc1cnc(Nc2cccc(C#N)c2)nc1NC1CC1. The number of hydrogen-bond donors (Lipinski definition) is 2. The topological polar surface area (TPSA) is 73.6 Å². The Labute approximate surface area is 123 Å². The molecular weight excluding hydrogens is 262 g/mol. The van der Waals surface area contributed by atoms with Gasteiger partial charge >= 0.3 is 0 Å². The number of hydrogen-bond acceptors (Lipinski definition) is 5. The Morgan fingerprint density at radius 2 is 2.19 bits per heavy atom. The summed E-state index contributed by atoms with van der Waals surface area (Å²) in [6.45, 7) is 0. The molecule has 0 spiro atoms. The van der Waals surface area contributed by atoms with Crippen molar-refractivity contribution in [1.82, 2.24) is 9.97 Å². The highest BCUT2D eigenvalue weighted by Gasteiger charge is 2.22. The molecule has 0 saturated heterocycles. The Bertz CT molecular complexity index is 750. The van der Waals surface area contributed by atoms with Crippen LogP contribution < -0.4 is 10.6 Å². The van der Waals surface area contributed by atoms with E-state index in [1.54, 1.807) is 24.4 Å². The molecule has 102 valence electrons. The number of nitrogens with zero attached hydrogens (tertiary/aromatic N) is 3. The van der Waals surface area contributed by atoms with Gasteiger partial charge in [-0.25, -0.2) is 4.98 Å². The fourth-order valence-corrected chi connectivity index (χ4v) is 1.87. The van der Waals surface area contributed by atoms with Crippen molar-refractivity contribution in [2.45, 2.75) is 18.9 Å². The Morgan fingerprint density at radius 1 is 1.33 bits per heavy atom. The molecular formula is C16H13N5. The molecule has 1 aromatic heterocycles. The van der Waals surface area contributed by atoms with E-state index in [0.717, 1.165) is 18.5 Å². The fourth-order valence-electron chi connectivity index (χ4n) is 1.87. The van der Waals surface area contributed by atoms with Crippen molar-refractivity contribution in [3.8, 4) is 18.4 Å². The van der Waals surface area contributed by atoms with E-state index < -0.39 is 0 Å². The summed E-state index contributed by atoms with van der Waals surface area (Å²) >= 11 is 0. The van der Waals surface area contributed by atoms with Gasteiger partial charge in [-0.15, -0.1) is 6.42 Å². The van der Waals surface area contributed by atoms with E-state index in [1.165, 1.54) is 0 Å². The van der Waals surface area contributed by atoms with Gasteiger partial charge in [0.05, 0.1) is 23.4 Å². The molecule has 0 radical (unpaired) electrons. The maximum absolute atomic E-state index is 8.91. The monoisotopic (exact) mass is 275 g/mol. The van der Waals surface area contributed by atoms with Crippen molar-refractivity contribution in [3.63, 3.8) is 0 Å². The molecule has 0 bridgehead atoms. The maximum atomic E-state index is 8.91. The Balaban J connectivity index is 1.84. The second kappa shape index (κ2) is 5.52. The van der Waals surface area contributed by atoms with Crippen molar-refractivity contribution in [1.29, 1.82) is 5.26 Å². The van der Waals surface area contributed by atoms with Crippen LogP contribution in [0.25, 0.3) is 0 Å². The molecule has 2 N–H and O–H groups in total. The smallest absolute Gasteiger partial charge is 0.229 e. The first-order chi connectivity index (χ1) is 10.3. The number of aromatic nitrogens is 2. The van der Waals surface area contributed by atoms with E-state index in [0.29, 0.717) is 28.9 Å². The van der Waals surface area contributed by atoms with Gasteiger partial charge < -0.3 is 10.6 Å². The van der Waals surface area contributed by atoms with Crippen molar-refractivity contribution in [2.24, 2.45) is 0 Å². The molecule has 1 heterocycles. The second-order valence-electron chi connectivity index (χ2n) is 4.84. The molecule has 1 saturated carbocycles. The third-order valence-corrected chi connectivity index (χ3v) is 3.11. The van der Waals surface area contributed by atoms with Gasteiger partial charge in [0, 0.05) is 11.7 Å². The number of nitriles is 1. The lowest BCUT2D eigenvalue weighted by Crippen LogP contribution is -2.08. The summed E-state index contributed by atoms with van der Waals surface area (Å²) in [6, 6.07) is 9.70. The molecule has 5 nitrogen and oxygen atoms in total. The highest BCUT2D eigenvalue weighted by molar-refractivity contribution is 5.60. The Morgan fingerprint density at radius 3 is 2.90 bits per heavy atom. The molecule has 0 amide bonds. The predicted molar refractivity (Wildman–Crippen MR) is 81.1 cm³/mol. The lowest BCUT2D eigenvalue weighted by molar-refractivity contribution is 1.08. The lowest BCUT2D eigenvalue weighted by Gasteiger charge is -2.09. The quantitative estimate of drug-likeness (QED) is 0.839. The van der Waals surface area contributed by atoms with E-state index in [1.807, 2.05) is 6.07 Å². The third kappa shape index (κ3) is 3.10. The minimum absolute atomic E-state index is 0.451. The van der Waals surface area contributed by atoms with Gasteiger partial charge in [0.1, 0.15) is 5.82 Å². The second-order valence-corrected chi connectivity index (χ2v) is 4.84. The molecule has 1 aliphatic rings. The van der Waals surface area contributed by atoms with Crippen molar-refractivity contribution in [3.05, 3.63) is 41.6 Å². The molecule has 1 aliphatic carbocycles. The zero-order valence-corrected chi connectivity index (χ0v) is 11.3. The highest BCUT2D eigenvalue weighted by atomic mass is 15.2. The van der Waals surface area contributed by atoms with Crippen molar-refractivity contribution in [2.75, 3.05) is 10.6 Å². The molecule has 2 aromatic rings. The van der Waals surface area contributed by atoms with Crippen LogP contribution in [0.4, 0.5) is 17.5 Å². The number of nitrogens with one attached hydrogen (secondary N) is 2. The van der Waals surface area contributed by atoms with Crippen LogP contribution in [-0.2, 0) is 0 Å². The highest BCUT2D eigenvalue weighted by Crippen LogP contribution is 2.26. The van der Waals surface area contributed by atoms with Crippen LogP contribution in [0.15, 0.2) is 30.5 Å². The van der Waals surface area contributed by atoms with Crippen LogP contribution in [0.3, 0.4) is 0 Å². The van der Waals surface area contributed by atoms with Crippen LogP contribution in [0, 0.1) is 23.7 Å². The minimum Gasteiger partial charge on any atom is -0.366 e. The number of anilines is 3. The average Bonchev–Trinajstić information content (AvgIpc) is 3.32. The minimum atomic E-state index is 0.451. The van der Waals surface area contributed by atoms with Crippen LogP contribution in [-0.4, -0.2) is 16.0 Å². The predicted octanol–water partition coefficient (Wildman–Crippen LogP) is 2.65. The molecule has 5 heteroatoms. The first kappa shape index (κ1) is 13.0. The summed E-state index contributed by atoms with van der Waals surface area (Å²) < 4.78 is 0. The lowest BCUT2D eigenvalue weighted by atomic mass is 10.2. The molecule has 1 fully saturated rings.